The average molecular weight is 565 g/mol. The van der Waals surface area contributed by atoms with E-state index >= 15 is 0 Å². The van der Waals surface area contributed by atoms with Gasteiger partial charge in [-0.05, 0) is 59.3 Å². The maximum absolute atomic E-state index is 12.5. The molecule has 0 aliphatic carbocycles. The van der Waals surface area contributed by atoms with Crippen LogP contribution >= 0.6 is 0 Å². The van der Waals surface area contributed by atoms with Gasteiger partial charge in [-0.1, -0.05) is 24.3 Å². The van der Waals surface area contributed by atoms with Gasteiger partial charge in [-0.2, -0.15) is 0 Å². The van der Waals surface area contributed by atoms with Gasteiger partial charge in [0, 0.05) is 57.8 Å². The highest BCUT2D eigenvalue weighted by atomic mass is 16.6. The molecule has 12 nitrogen and oxygen atoms in total. The lowest BCUT2D eigenvalue weighted by Crippen LogP contribution is -2.22. The molecule has 210 valence electrons. The van der Waals surface area contributed by atoms with E-state index in [9.17, 15) is 29.8 Å². The molecule has 0 unspecified atom stereocenters. The summed E-state index contributed by atoms with van der Waals surface area (Å²) in [6.07, 6.45) is 0. The van der Waals surface area contributed by atoms with Crippen molar-refractivity contribution < 1.29 is 19.4 Å². The van der Waals surface area contributed by atoms with Gasteiger partial charge in [0.2, 0.25) is 11.8 Å². The fourth-order valence-electron chi connectivity index (χ4n) is 4.45. The first-order valence-corrected chi connectivity index (χ1v) is 12.8. The zero-order valence-electron chi connectivity index (χ0n) is 22.0. The zero-order chi connectivity index (χ0) is 29.6. The number of carbonyl (C=O) groups is 2. The van der Waals surface area contributed by atoms with Crippen molar-refractivity contribution in [2.75, 3.05) is 34.4 Å². The van der Waals surface area contributed by atoms with Gasteiger partial charge in [-0.15, -0.1) is 0 Å². The molecule has 0 bridgehead atoms. The third kappa shape index (κ3) is 6.39. The third-order valence-corrected chi connectivity index (χ3v) is 6.48. The van der Waals surface area contributed by atoms with Gasteiger partial charge in [0.1, 0.15) is 0 Å². The Hall–Kier alpha value is -6.04. The Morgan fingerprint density at radius 1 is 0.571 bits per heavy atom. The first-order valence-electron chi connectivity index (χ1n) is 12.8. The number of fused-ring (bicyclic) bond motifs is 2. The number of nitrogens with zero attached hydrogens (tertiary/aromatic N) is 2. The number of carbonyl (C=O) groups excluding carboxylic acids is 2. The molecule has 42 heavy (non-hydrogen) atoms. The Morgan fingerprint density at radius 2 is 0.976 bits per heavy atom. The van der Waals surface area contributed by atoms with Crippen LogP contribution in [0.25, 0.3) is 21.5 Å². The first-order chi connectivity index (χ1) is 20.3. The lowest BCUT2D eigenvalue weighted by atomic mass is 10.0. The van der Waals surface area contributed by atoms with Crippen LogP contribution in [0.2, 0.25) is 0 Å². The van der Waals surface area contributed by atoms with E-state index in [-0.39, 0.29) is 36.3 Å². The van der Waals surface area contributed by atoms with Crippen molar-refractivity contribution in [3.8, 4) is 0 Å². The van der Waals surface area contributed by atoms with Crippen molar-refractivity contribution >= 4 is 67.5 Å². The van der Waals surface area contributed by atoms with Gasteiger partial charge in [-0.25, -0.2) is 0 Å². The summed E-state index contributed by atoms with van der Waals surface area (Å²) in [5, 5.41) is 37.1. The number of amides is 2. The summed E-state index contributed by atoms with van der Waals surface area (Å²) in [7, 11) is 0. The fraction of sp³-hybridized carbons (Fsp3) is 0.0667. The molecule has 0 fully saturated rings. The number of hydrogen-bond acceptors (Lipinski definition) is 8. The van der Waals surface area contributed by atoms with Gasteiger partial charge >= 0.3 is 0 Å². The Morgan fingerprint density at radius 3 is 1.36 bits per heavy atom. The standard InChI is InChI=1S/C30H24N6O6/c37-29(33-21-7-11-23(12-8-21)35(39)40)17-31-27-5-1-3-19-15-20-4-2-6-28(26(20)16-25(19)27)32-18-30(38)34-22-9-13-24(14-10-22)36(41)42/h1-16,31-32H,17-18H2,(H,33,37)(H,34,38). The number of anilines is 4. The summed E-state index contributed by atoms with van der Waals surface area (Å²) in [5.41, 5.74) is 2.24. The molecule has 0 spiro atoms. The van der Waals surface area contributed by atoms with Crippen molar-refractivity contribution in [1.29, 1.82) is 0 Å². The summed E-state index contributed by atoms with van der Waals surface area (Å²) < 4.78 is 0. The van der Waals surface area contributed by atoms with Crippen LogP contribution in [-0.4, -0.2) is 34.8 Å². The maximum Gasteiger partial charge on any atom is 0.269 e. The quantitative estimate of drug-likeness (QED) is 0.0922. The predicted molar refractivity (Wildman–Crippen MR) is 162 cm³/mol. The van der Waals surface area contributed by atoms with Gasteiger partial charge in [-0.3, -0.25) is 29.8 Å². The number of nitrogens with one attached hydrogen (secondary N) is 4. The molecule has 0 heterocycles. The Balaban J connectivity index is 1.28. The van der Waals surface area contributed by atoms with E-state index < -0.39 is 9.85 Å². The second-order valence-electron chi connectivity index (χ2n) is 9.32. The maximum atomic E-state index is 12.5. The van der Waals surface area contributed by atoms with Crippen LogP contribution in [0.3, 0.4) is 0 Å². The van der Waals surface area contributed by atoms with Gasteiger partial charge < -0.3 is 21.3 Å². The van der Waals surface area contributed by atoms with Crippen molar-refractivity contribution in [3.05, 3.63) is 117 Å². The van der Waals surface area contributed by atoms with Crippen LogP contribution in [0.4, 0.5) is 34.1 Å². The van der Waals surface area contributed by atoms with E-state index in [2.05, 4.69) is 21.3 Å². The zero-order valence-corrected chi connectivity index (χ0v) is 22.0. The Kier molecular flexibility index (Phi) is 7.87. The molecular formula is C30H24N6O6. The van der Waals surface area contributed by atoms with Crippen molar-refractivity contribution in [1.82, 2.24) is 0 Å². The third-order valence-electron chi connectivity index (χ3n) is 6.48. The van der Waals surface area contributed by atoms with E-state index in [0.29, 0.717) is 11.4 Å². The monoisotopic (exact) mass is 564 g/mol. The van der Waals surface area contributed by atoms with E-state index in [1.165, 1.54) is 48.5 Å². The Bertz CT molecular complexity index is 1690. The topological polar surface area (TPSA) is 169 Å². The molecule has 0 saturated heterocycles. The minimum atomic E-state index is -0.505. The summed E-state index contributed by atoms with van der Waals surface area (Å²) in [6.45, 7) is -0.0618. The van der Waals surface area contributed by atoms with E-state index in [0.717, 1.165) is 32.9 Å². The lowest BCUT2D eigenvalue weighted by Gasteiger charge is -2.14. The molecule has 5 rings (SSSR count). The fourth-order valence-corrected chi connectivity index (χ4v) is 4.45. The summed E-state index contributed by atoms with van der Waals surface area (Å²) in [5.74, 6) is -0.633. The summed E-state index contributed by atoms with van der Waals surface area (Å²) in [6, 6.07) is 26.6. The van der Waals surface area contributed by atoms with Crippen molar-refractivity contribution in [2.45, 2.75) is 0 Å². The molecule has 0 saturated carbocycles. The molecule has 4 N–H and O–H groups in total. The van der Waals surface area contributed by atoms with Crippen molar-refractivity contribution in [2.24, 2.45) is 0 Å². The second kappa shape index (κ2) is 12.0. The normalized spacial score (nSPS) is 10.7. The molecule has 0 radical (unpaired) electrons. The van der Waals surface area contributed by atoms with Crippen LogP contribution < -0.4 is 21.3 Å². The smallest absolute Gasteiger partial charge is 0.269 e. The lowest BCUT2D eigenvalue weighted by molar-refractivity contribution is -0.385. The van der Waals surface area contributed by atoms with Crippen LogP contribution in [0, 0.1) is 20.2 Å². The van der Waals surface area contributed by atoms with Gasteiger partial charge in [0.25, 0.3) is 11.4 Å². The van der Waals surface area contributed by atoms with Crippen LogP contribution in [0.15, 0.2) is 97.1 Å². The highest BCUT2D eigenvalue weighted by Gasteiger charge is 2.11. The summed E-state index contributed by atoms with van der Waals surface area (Å²) in [4.78, 5) is 45.8. The predicted octanol–water partition coefficient (Wildman–Crippen LogP) is 5.91. The number of rotatable bonds is 10. The minimum absolute atomic E-state index is 0.0309. The summed E-state index contributed by atoms with van der Waals surface area (Å²) >= 11 is 0. The SMILES string of the molecule is O=C(CNc1cccc2cc3cccc(NCC(=O)Nc4ccc([N+](=O)[O-])cc4)c3cc12)Nc1ccc([N+](=O)[O-])cc1. The molecule has 5 aromatic rings. The van der Waals surface area contributed by atoms with Crippen LogP contribution in [-0.2, 0) is 9.59 Å². The number of hydrogen-bond donors (Lipinski definition) is 4. The van der Waals surface area contributed by atoms with E-state index in [1.807, 2.05) is 48.5 Å². The number of non-ortho nitro benzene ring substituents is 2. The van der Waals surface area contributed by atoms with Crippen LogP contribution in [0.5, 0.6) is 0 Å². The molecule has 2 amide bonds. The molecular weight excluding hydrogens is 540 g/mol. The largest absolute Gasteiger partial charge is 0.376 e. The average Bonchev–Trinajstić information content (AvgIpc) is 2.98. The van der Waals surface area contributed by atoms with Crippen LogP contribution in [0.1, 0.15) is 0 Å². The van der Waals surface area contributed by atoms with Gasteiger partial charge in [0.15, 0.2) is 0 Å². The number of nitro groups is 2. The number of benzene rings is 5. The van der Waals surface area contributed by atoms with Crippen molar-refractivity contribution in [3.63, 3.8) is 0 Å². The first kappa shape index (κ1) is 27.5. The highest BCUT2D eigenvalue weighted by molar-refractivity contribution is 6.08. The van der Waals surface area contributed by atoms with E-state index in [1.54, 1.807) is 0 Å². The molecule has 0 atom stereocenters. The molecule has 0 aromatic heterocycles. The minimum Gasteiger partial charge on any atom is -0.376 e. The Labute approximate surface area is 238 Å². The van der Waals surface area contributed by atoms with E-state index in [4.69, 9.17) is 0 Å². The number of nitro benzene ring substituents is 2. The molecule has 0 aliphatic heterocycles. The molecule has 12 heteroatoms. The molecule has 5 aromatic carbocycles. The second-order valence-corrected chi connectivity index (χ2v) is 9.32. The molecule has 0 aliphatic rings. The van der Waals surface area contributed by atoms with Gasteiger partial charge in [0.05, 0.1) is 22.9 Å². The highest BCUT2D eigenvalue weighted by Crippen LogP contribution is 2.32.